The SMILES string of the molecule is [C-]#[N+]C(C#N)=C1C=C(C=Cc2ccc(N(c3ccc4ccccc4c3)c3cccc4ccccc34)cc2)OC(c2ccccc2)C1. The molecule has 0 aliphatic carbocycles. The summed E-state index contributed by atoms with van der Waals surface area (Å²) in [6.45, 7) is 7.48. The average Bonchev–Trinajstić information content (AvgIpc) is 3.12. The summed E-state index contributed by atoms with van der Waals surface area (Å²) in [6.07, 6.45) is 5.92. The molecule has 4 nitrogen and oxygen atoms in total. The molecule has 0 amide bonds. The molecule has 0 saturated heterocycles. The number of allylic oxidation sites excluding steroid dienone is 3. The van der Waals surface area contributed by atoms with E-state index in [0.29, 0.717) is 17.8 Å². The van der Waals surface area contributed by atoms with Crippen molar-refractivity contribution >= 4 is 44.7 Å². The Kier molecular flexibility index (Phi) is 7.85. The van der Waals surface area contributed by atoms with Crippen LogP contribution in [0.25, 0.3) is 32.5 Å². The molecular weight excluding hydrogens is 562 g/mol. The highest BCUT2D eigenvalue weighted by Crippen LogP contribution is 2.40. The Bertz CT molecular complexity index is 2210. The number of anilines is 3. The predicted octanol–water partition coefficient (Wildman–Crippen LogP) is 11.2. The summed E-state index contributed by atoms with van der Waals surface area (Å²) in [6, 6.07) is 50.4. The second kappa shape index (κ2) is 12.7. The highest BCUT2D eigenvalue weighted by molar-refractivity contribution is 6.00. The highest BCUT2D eigenvalue weighted by Gasteiger charge is 2.22. The second-order valence-electron chi connectivity index (χ2n) is 11.2. The van der Waals surface area contributed by atoms with Gasteiger partial charge in [0.2, 0.25) is 0 Å². The molecule has 1 aliphatic heterocycles. The zero-order valence-corrected chi connectivity index (χ0v) is 25.0. The van der Waals surface area contributed by atoms with Gasteiger partial charge in [0, 0.05) is 23.2 Å². The number of fused-ring (bicyclic) bond motifs is 2. The third-order valence-electron chi connectivity index (χ3n) is 8.28. The molecule has 218 valence electrons. The van der Waals surface area contributed by atoms with E-state index in [1.807, 2.05) is 54.6 Å². The zero-order valence-electron chi connectivity index (χ0n) is 25.0. The number of rotatable bonds is 6. The van der Waals surface area contributed by atoms with Crippen LogP contribution >= 0.6 is 0 Å². The van der Waals surface area contributed by atoms with Gasteiger partial charge in [0.15, 0.2) is 0 Å². The number of nitrogens with zero attached hydrogens (tertiary/aromatic N) is 3. The Hall–Kier alpha value is -6.36. The monoisotopic (exact) mass is 591 g/mol. The first-order chi connectivity index (χ1) is 22.7. The minimum atomic E-state index is -0.274. The van der Waals surface area contributed by atoms with Crippen LogP contribution in [0, 0.1) is 17.9 Å². The summed E-state index contributed by atoms with van der Waals surface area (Å²) < 4.78 is 6.34. The van der Waals surface area contributed by atoms with Crippen molar-refractivity contribution in [2.24, 2.45) is 0 Å². The average molecular weight is 592 g/mol. The molecule has 0 saturated carbocycles. The standard InChI is InChI=1S/C42H29N3O/c1-44-40(29-43)35-27-38(46-42(28-35)33-12-3-2-4-13-33)25-20-30-18-22-36(23-19-30)45(37-24-21-31-10-5-6-14-34(31)26-37)41-17-9-15-32-11-7-8-16-39(32)41/h2-27,42H,28H2. The summed E-state index contributed by atoms with van der Waals surface area (Å²) in [5.41, 5.74) is 6.03. The molecule has 46 heavy (non-hydrogen) atoms. The van der Waals surface area contributed by atoms with Gasteiger partial charge in [-0.25, -0.2) is 10.1 Å². The third kappa shape index (κ3) is 5.76. The fraction of sp³-hybridized carbons (Fsp3) is 0.0476. The normalized spacial score (nSPS) is 15.5. The van der Waals surface area contributed by atoms with E-state index in [0.717, 1.165) is 28.2 Å². The van der Waals surface area contributed by atoms with Gasteiger partial charge in [0.1, 0.15) is 11.9 Å². The van der Waals surface area contributed by atoms with Gasteiger partial charge >= 0.3 is 0 Å². The van der Waals surface area contributed by atoms with E-state index < -0.39 is 0 Å². The molecule has 0 aromatic heterocycles. The third-order valence-corrected chi connectivity index (χ3v) is 8.28. The maximum Gasteiger partial charge on any atom is 0.265 e. The Morgan fingerprint density at radius 2 is 1.43 bits per heavy atom. The molecule has 4 heteroatoms. The van der Waals surface area contributed by atoms with E-state index in [1.165, 1.54) is 21.5 Å². The van der Waals surface area contributed by atoms with Gasteiger partial charge in [-0.3, -0.25) is 0 Å². The van der Waals surface area contributed by atoms with Crippen molar-refractivity contribution in [3.05, 3.63) is 191 Å². The first-order valence-corrected chi connectivity index (χ1v) is 15.2. The Labute approximate surface area is 268 Å². The van der Waals surface area contributed by atoms with E-state index in [-0.39, 0.29) is 11.8 Å². The van der Waals surface area contributed by atoms with Crippen LogP contribution in [0.15, 0.2) is 169 Å². The van der Waals surface area contributed by atoms with Crippen LogP contribution in [-0.4, -0.2) is 0 Å². The van der Waals surface area contributed by atoms with Gasteiger partial charge in [-0.2, -0.15) is 0 Å². The molecule has 6 aromatic carbocycles. The molecule has 0 radical (unpaired) electrons. The van der Waals surface area contributed by atoms with Crippen LogP contribution in [0.3, 0.4) is 0 Å². The van der Waals surface area contributed by atoms with Crippen LogP contribution < -0.4 is 4.90 Å². The number of nitriles is 1. The topological polar surface area (TPSA) is 40.6 Å². The quantitative estimate of drug-likeness (QED) is 0.143. The number of benzene rings is 6. The maximum atomic E-state index is 9.56. The number of hydrogen-bond donors (Lipinski definition) is 0. The van der Waals surface area contributed by atoms with E-state index in [1.54, 1.807) is 0 Å². The summed E-state index contributed by atoms with van der Waals surface area (Å²) in [5, 5.41) is 14.3. The zero-order chi connectivity index (χ0) is 31.3. The van der Waals surface area contributed by atoms with Crippen molar-refractivity contribution in [3.63, 3.8) is 0 Å². The van der Waals surface area contributed by atoms with Crippen LogP contribution in [0.4, 0.5) is 17.1 Å². The number of hydrogen-bond acceptors (Lipinski definition) is 3. The van der Waals surface area contributed by atoms with E-state index in [2.05, 4.69) is 119 Å². The molecule has 1 aliphatic rings. The van der Waals surface area contributed by atoms with Crippen molar-refractivity contribution in [2.75, 3.05) is 4.90 Å². The van der Waals surface area contributed by atoms with Crippen molar-refractivity contribution in [1.82, 2.24) is 0 Å². The molecule has 6 aromatic rings. The molecule has 7 rings (SSSR count). The van der Waals surface area contributed by atoms with Gasteiger partial charge in [0.25, 0.3) is 5.70 Å². The second-order valence-corrected chi connectivity index (χ2v) is 11.2. The molecule has 0 bridgehead atoms. The van der Waals surface area contributed by atoms with Crippen molar-refractivity contribution < 1.29 is 4.74 Å². The lowest BCUT2D eigenvalue weighted by Gasteiger charge is -2.27. The molecule has 0 fully saturated rings. The van der Waals surface area contributed by atoms with Crippen LogP contribution in [0.5, 0.6) is 0 Å². The first-order valence-electron chi connectivity index (χ1n) is 15.2. The summed E-state index contributed by atoms with van der Waals surface area (Å²) in [7, 11) is 0. The van der Waals surface area contributed by atoms with E-state index >= 15 is 0 Å². The van der Waals surface area contributed by atoms with Crippen molar-refractivity contribution in [2.45, 2.75) is 12.5 Å². The molecule has 0 spiro atoms. The maximum absolute atomic E-state index is 9.56. The summed E-state index contributed by atoms with van der Waals surface area (Å²) in [5.74, 6) is 0.615. The van der Waals surface area contributed by atoms with Crippen LogP contribution in [0.1, 0.15) is 23.7 Å². The van der Waals surface area contributed by atoms with Crippen LogP contribution in [0.2, 0.25) is 0 Å². The van der Waals surface area contributed by atoms with E-state index in [4.69, 9.17) is 11.3 Å². The van der Waals surface area contributed by atoms with Gasteiger partial charge in [-0.15, -0.1) is 0 Å². The first kappa shape index (κ1) is 28.4. The lowest BCUT2D eigenvalue weighted by molar-refractivity contribution is 0.118. The minimum Gasteiger partial charge on any atom is -0.485 e. The van der Waals surface area contributed by atoms with Gasteiger partial charge in [-0.05, 0) is 75.3 Å². The fourth-order valence-corrected chi connectivity index (χ4v) is 6.00. The predicted molar refractivity (Wildman–Crippen MR) is 187 cm³/mol. The largest absolute Gasteiger partial charge is 0.485 e. The smallest absolute Gasteiger partial charge is 0.265 e. The number of ether oxygens (including phenoxy) is 1. The van der Waals surface area contributed by atoms with E-state index in [9.17, 15) is 5.26 Å². The summed E-state index contributed by atoms with van der Waals surface area (Å²) >= 11 is 0. The van der Waals surface area contributed by atoms with Gasteiger partial charge < -0.3 is 9.64 Å². The lowest BCUT2D eigenvalue weighted by atomic mass is 9.97. The van der Waals surface area contributed by atoms with Gasteiger partial charge in [-0.1, -0.05) is 115 Å². The molecular formula is C42H29N3O. The minimum absolute atomic E-state index is 0.0988. The van der Waals surface area contributed by atoms with Gasteiger partial charge in [0.05, 0.1) is 18.3 Å². The molecule has 1 atom stereocenters. The Morgan fingerprint density at radius 3 is 2.22 bits per heavy atom. The summed E-state index contributed by atoms with van der Waals surface area (Å²) in [4.78, 5) is 5.77. The molecule has 0 N–H and O–H groups in total. The lowest BCUT2D eigenvalue weighted by Crippen LogP contribution is -2.10. The van der Waals surface area contributed by atoms with Crippen LogP contribution in [-0.2, 0) is 4.74 Å². The van der Waals surface area contributed by atoms with Crippen molar-refractivity contribution in [3.8, 4) is 6.07 Å². The fourth-order valence-electron chi connectivity index (χ4n) is 6.00. The molecule has 1 unspecified atom stereocenters. The Balaban J connectivity index is 1.24. The highest BCUT2D eigenvalue weighted by atomic mass is 16.5. The molecule has 1 heterocycles. The van der Waals surface area contributed by atoms with Crippen molar-refractivity contribution in [1.29, 1.82) is 5.26 Å². The Morgan fingerprint density at radius 1 is 0.739 bits per heavy atom.